The van der Waals surface area contributed by atoms with Crippen LogP contribution < -0.4 is 5.32 Å². The fraction of sp³-hybridized carbons (Fsp3) is 0.345. The lowest BCUT2D eigenvalue weighted by molar-refractivity contribution is -0.384. The topological polar surface area (TPSA) is 72.2 Å². The van der Waals surface area contributed by atoms with E-state index in [2.05, 4.69) is 47.8 Å². The van der Waals surface area contributed by atoms with Crippen molar-refractivity contribution in [2.45, 2.75) is 49.4 Å². The molecule has 1 N–H and O–H groups in total. The molecule has 4 fully saturated rings. The minimum absolute atomic E-state index is 0.0234. The Morgan fingerprint density at radius 3 is 1.91 bits per heavy atom. The van der Waals surface area contributed by atoms with Crippen LogP contribution in [0.4, 0.5) is 11.4 Å². The number of anilines is 1. The maximum atomic E-state index is 12.6. The first-order valence-corrected chi connectivity index (χ1v) is 12.2. The van der Waals surface area contributed by atoms with Crippen molar-refractivity contribution in [3.8, 4) is 0 Å². The van der Waals surface area contributed by atoms with Crippen LogP contribution in [0.5, 0.6) is 0 Å². The molecule has 0 unspecified atom stereocenters. The van der Waals surface area contributed by atoms with Gasteiger partial charge in [-0.25, -0.2) is 0 Å². The van der Waals surface area contributed by atoms with Crippen molar-refractivity contribution in [1.29, 1.82) is 0 Å². The Labute approximate surface area is 199 Å². The summed E-state index contributed by atoms with van der Waals surface area (Å²) in [5.41, 5.74) is 4.56. The molecule has 5 heteroatoms. The largest absolute Gasteiger partial charge is 0.322 e. The van der Waals surface area contributed by atoms with E-state index in [0.29, 0.717) is 11.0 Å². The van der Waals surface area contributed by atoms with Crippen LogP contribution in [0.3, 0.4) is 0 Å². The lowest BCUT2D eigenvalue weighted by atomic mass is 9.42. The van der Waals surface area contributed by atoms with Gasteiger partial charge in [0.1, 0.15) is 0 Å². The average Bonchev–Trinajstić information content (AvgIpc) is 2.84. The number of amides is 1. The lowest BCUT2D eigenvalue weighted by Crippen LogP contribution is -2.55. The molecule has 3 aromatic rings. The molecular weight excluding hydrogens is 424 g/mol. The van der Waals surface area contributed by atoms with E-state index in [1.807, 2.05) is 12.1 Å². The van der Waals surface area contributed by atoms with E-state index in [9.17, 15) is 14.9 Å². The Morgan fingerprint density at radius 2 is 1.35 bits per heavy atom. The summed E-state index contributed by atoms with van der Waals surface area (Å²) in [4.78, 5) is 23.0. The standard InChI is InChI=1S/C29H28N2O3/c32-27(22-6-12-26(13-7-22)31(33)34)30-25-10-8-24(9-11-25)29-17-20-14-21(18-29)16-28(15-20,19-29)23-4-2-1-3-5-23/h1-13,20-21H,14-19H2,(H,30,32)/t20-,21-,28?,29?/m0/s1. The van der Waals surface area contributed by atoms with Gasteiger partial charge < -0.3 is 5.32 Å². The predicted molar refractivity (Wildman–Crippen MR) is 132 cm³/mol. The Balaban J connectivity index is 1.23. The molecule has 172 valence electrons. The van der Waals surface area contributed by atoms with Crippen molar-refractivity contribution < 1.29 is 9.72 Å². The van der Waals surface area contributed by atoms with Gasteiger partial charge in [0.25, 0.3) is 11.6 Å². The van der Waals surface area contributed by atoms with Crippen molar-refractivity contribution in [2.75, 3.05) is 5.32 Å². The number of hydrogen-bond donors (Lipinski definition) is 1. The van der Waals surface area contributed by atoms with Crippen LogP contribution in [0.25, 0.3) is 0 Å². The minimum Gasteiger partial charge on any atom is -0.322 e. The molecule has 1 amide bonds. The van der Waals surface area contributed by atoms with E-state index in [-0.39, 0.29) is 17.0 Å². The van der Waals surface area contributed by atoms with Gasteiger partial charge in [-0.3, -0.25) is 14.9 Å². The second kappa shape index (κ2) is 7.79. The zero-order valence-corrected chi connectivity index (χ0v) is 19.1. The average molecular weight is 453 g/mol. The van der Waals surface area contributed by atoms with Gasteiger partial charge in [-0.15, -0.1) is 0 Å². The SMILES string of the molecule is O=C(Nc1ccc(C23C[C@H]4C[C@@H](CC(c5ccccc5)(C4)C2)C3)cc1)c1ccc([N+](=O)[O-])cc1. The van der Waals surface area contributed by atoms with Gasteiger partial charge in [-0.2, -0.15) is 0 Å². The van der Waals surface area contributed by atoms with Gasteiger partial charge in [-0.05, 0) is 96.6 Å². The molecule has 34 heavy (non-hydrogen) atoms. The Morgan fingerprint density at radius 1 is 0.794 bits per heavy atom. The number of nitrogens with one attached hydrogen (secondary N) is 1. The summed E-state index contributed by atoms with van der Waals surface area (Å²) in [5, 5.41) is 13.8. The third kappa shape index (κ3) is 3.51. The molecule has 0 spiro atoms. The summed E-state index contributed by atoms with van der Waals surface area (Å²) in [6.45, 7) is 0. The fourth-order valence-electron chi connectivity index (χ4n) is 7.57. The van der Waals surface area contributed by atoms with Crippen LogP contribution in [0.1, 0.15) is 60.0 Å². The summed E-state index contributed by atoms with van der Waals surface area (Å²) < 4.78 is 0. The first-order valence-electron chi connectivity index (χ1n) is 12.2. The van der Waals surface area contributed by atoms with Crippen molar-refractivity contribution in [3.63, 3.8) is 0 Å². The second-order valence-electron chi connectivity index (χ2n) is 10.7. The smallest absolute Gasteiger partial charge is 0.269 e. The highest BCUT2D eigenvalue weighted by Crippen LogP contribution is 2.66. The maximum absolute atomic E-state index is 12.6. The Bertz CT molecular complexity index is 1220. The van der Waals surface area contributed by atoms with Crippen LogP contribution in [-0.2, 0) is 10.8 Å². The van der Waals surface area contributed by atoms with Crippen LogP contribution >= 0.6 is 0 Å². The van der Waals surface area contributed by atoms with E-state index in [1.165, 1.54) is 73.9 Å². The normalized spacial score (nSPS) is 29.1. The van der Waals surface area contributed by atoms with Crippen LogP contribution in [0, 0.1) is 22.0 Å². The molecule has 7 rings (SSSR count). The Hall–Kier alpha value is -3.47. The lowest BCUT2D eigenvalue weighted by Gasteiger charge is -2.62. The highest BCUT2D eigenvalue weighted by atomic mass is 16.6. The number of rotatable bonds is 5. The quantitative estimate of drug-likeness (QED) is 0.348. The highest BCUT2D eigenvalue weighted by molar-refractivity contribution is 6.04. The highest BCUT2D eigenvalue weighted by Gasteiger charge is 2.58. The predicted octanol–water partition coefficient (Wildman–Crippen LogP) is 6.64. The zero-order chi connectivity index (χ0) is 23.3. The summed E-state index contributed by atoms with van der Waals surface area (Å²) in [6.07, 6.45) is 7.77. The number of carbonyl (C=O) groups excluding carboxylic acids is 1. The first kappa shape index (κ1) is 21.1. The second-order valence-corrected chi connectivity index (χ2v) is 10.7. The van der Waals surface area contributed by atoms with Gasteiger partial charge >= 0.3 is 0 Å². The molecule has 4 bridgehead atoms. The molecule has 4 aliphatic rings. The fourth-order valence-corrected chi connectivity index (χ4v) is 7.57. The molecule has 4 saturated carbocycles. The molecule has 4 aliphatic carbocycles. The summed E-state index contributed by atoms with van der Waals surface area (Å²) in [5.74, 6) is 1.33. The maximum Gasteiger partial charge on any atom is 0.269 e. The van der Waals surface area contributed by atoms with Crippen LogP contribution in [0.2, 0.25) is 0 Å². The van der Waals surface area contributed by atoms with Gasteiger partial charge in [0, 0.05) is 23.4 Å². The molecule has 5 nitrogen and oxygen atoms in total. The third-order valence-corrected chi connectivity index (χ3v) is 8.54. The van der Waals surface area contributed by atoms with Gasteiger partial charge in [-0.1, -0.05) is 42.5 Å². The number of benzene rings is 3. The molecular formula is C29H28N2O3. The summed E-state index contributed by atoms with van der Waals surface area (Å²) >= 11 is 0. The molecule has 0 aromatic heterocycles. The summed E-state index contributed by atoms with van der Waals surface area (Å²) in [7, 11) is 0. The van der Waals surface area contributed by atoms with E-state index in [1.54, 1.807) is 0 Å². The Kier molecular flexibility index (Phi) is 4.83. The van der Waals surface area contributed by atoms with Crippen LogP contribution in [-0.4, -0.2) is 10.8 Å². The summed E-state index contributed by atoms with van der Waals surface area (Å²) in [6, 6.07) is 25.3. The number of nitro groups is 1. The van der Waals surface area contributed by atoms with E-state index in [0.717, 1.165) is 17.5 Å². The van der Waals surface area contributed by atoms with Crippen molar-refractivity contribution >= 4 is 17.3 Å². The van der Waals surface area contributed by atoms with E-state index >= 15 is 0 Å². The van der Waals surface area contributed by atoms with E-state index < -0.39 is 4.92 Å². The molecule has 0 heterocycles. The minimum atomic E-state index is -0.465. The number of carbonyl (C=O) groups is 1. The number of hydrogen-bond acceptors (Lipinski definition) is 3. The van der Waals surface area contributed by atoms with Crippen molar-refractivity contribution in [2.24, 2.45) is 11.8 Å². The first-order chi connectivity index (χ1) is 16.4. The van der Waals surface area contributed by atoms with Gasteiger partial charge in [0.05, 0.1) is 4.92 Å². The third-order valence-electron chi connectivity index (χ3n) is 8.54. The van der Waals surface area contributed by atoms with Crippen molar-refractivity contribution in [3.05, 3.63) is 106 Å². The number of nitrogens with zero attached hydrogens (tertiary/aromatic N) is 1. The molecule has 3 aromatic carbocycles. The van der Waals surface area contributed by atoms with Gasteiger partial charge in [0.2, 0.25) is 0 Å². The van der Waals surface area contributed by atoms with Crippen molar-refractivity contribution in [1.82, 2.24) is 0 Å². The molecule has 2 atom stereocenters. The van der Waals surface area contributed by atoms with Crippen LogP contribution in [0.15, 0.2) is 78.9 Å². The molecule has 0 saturated heterocycles. The number of non-ortho nitro benzene ring substituents is 1. The van der Waals surface area contributed by atoms with Gasteiger partial charge in [0.15, 0.2) is 0 Å². The monoisotopic (exact) mass is 452 g/mol. The molecule has 0 radical (unpaired) electrons. The zero-order valence-electron chi connectivity index (χ0n) is 19.1. The van der Waals surface area contributed by atoms with E-state index in [4.69, 9.17) is 0 Å². The number of nitro benzene ring substituents is 1. The molecule has 0 aliphatic heterocycles.